The number of benzene rings is 2. The number of methoxy groups -OCH3 is 1. The van der Waals surface area contributed by atoms with Crippen LogP contribution in [0.25, 0.3) is 10.8 Å². The van der Waals surface area contributed by atoms with Crippen LogP contribution in [0.4, 0.5) is 0 Å². The van der Waals surface area contributed by atoms with Crippen LogP contribution in [0, 0.1) is 11.8 Å². The first kappa shape index (κ1) is 23.3. The Morgan fingerprint density at radius 3 is 2.00 bits per heavy atom. The van der Waals surface area contributed by atoms with Gasteiger partial charge in [0, 0.05) is 18.1 Å². The molecule has 2 aromatic carbocycles. The molecule has 1 aliphatic rings. The number of rotatable bonds is 6. The van der Waals surface area contributed by atoms with Crippen LogP contribution in [0.3, 0.4) is 0 Å². The van der Waals surface area contributed by atoms with Gasteiger partial charge in [-0.15, -0.1) is 0 Å². The Morgan fingerprint density at radius 2 is 1.53 bits per heavy atom. The molecule has 2 aromatic rings. The average molecular weight is 431 g/mol. The fraction of sp³-hybridized carbons (Fsp3) is 0.600. The summed E-state index contributed by atoms with van der Waals surface area (Å²) in [6.45, 7) is 19.9. The monoisotopic (exact) mass is 430 g/mol. The van der Waals surface area contributed by atoms with Gasteiger partial charge in [-0.3, -0.25) is 0 Å². The van der Waals surface area contributed by atoms with Crippen molar-refractivity contribution in [3.05, 3.63) is 42.0 Å². The molecule has 1 atom stereocenters. The fourth-order valence-electron chi connectivity index (χ4n) is 4.40. The van der Waals surface area contributed by atoms with Gasteiger partial charge in [-0.25, -0.2) is 4.89 Å². The molecule has 0 radical (unpaired) electrons. The van der Waals surface area contributed by atoms with Crippen LogP contribution < -0.4 is 4.43 Å². The van der Waals surface area contributed by atoms with Crippen molar-refractivity contribution in [1.82, 2.24) is 0 Å². The van der Waals surface area contributed by atoms with E-state index in [4.69, 9.17) is 18.9 Å². The van der Waals surface area contributed by atoms with E-state index in [-0.39, 0.29) is 16.9 Å². The van der Waals surface area contributed by atoms with Crippen molar-refractivity contribution >= 4 is 19.1 Å². The van der Waals surface area contributed by atoms with Gasteiger partial charge >= 0.3 is 0 Å². The molecule has 3 rings (SSSR count). The van der Waals surface area contributed by atoms with Gasteiger partial charge in [0.1, 0.15) is 5.75 Å². The predicted molar refractivity (Wildman–Crippen MR) is 125 cm³/mol. The standard InChI is InChI=1S/C25H38O4Si/c1-17(2)24(18(3)4)25(26-8,29-28-24)20-15-19-13-11-12-14-21(19)22(16-20)27-30(9,10)23(5,6)7/h11-18H,1-10H3. The number of fused-ring (bicyclic) bond motifs is 1. The van der Waals surface area contributed by atoms with E-state index in [1.165, 1.54) is 0 Å². The first-order chi connectivity index (χ1) is 13.8. The highest BCUT2D eigenvalue weighted by Crippen LogP contribution is 2.57. The van der Waals surface area contributed by atoms with Crippen molar-refractivity contribution in [2.75, 3.05) is 7.11 Å². The third kappa shape index (κ3) is 3.31. The minimum absolute atomic E-state index is 0.0960. The van der Waals surface area contributed by atoms with Crippen LogP contribution in [0.2, 0.25) is 18.1 Å². The maximum atomic E-state index is 6.80. The predicted octanol–water partition coefficient (Wildman–Crippen LogP) is 7.04. The lowest BCUT2D eigenvalue weighted by Crippen LogP contribution is -2.70. The summed E-state index contributed by atoms with van der Waals surface area (Å²) in [7, 11) is -0.340. The van der Waals surface area contributed by atoms with Crippen LogP contribution in [0.15, 0.2) is 36.4 Å². The van der Waals surface area contributed by atoms with Gasteiger partial charge < -0.3 is 9.16 Å². The average Bonchev–Trinajstić information content (AvgIpc) is 2.60. The van der Waals surface area contributed by atoms with Crippen LogP contribution >= 0.6 is 0 Å². The second-order valence-electron chi connectivity index (χ2n) is 10.6. The molecule has 166 valence electrons. The van der Waals surface area contributed by atoms with E-state index in [0.29, 0.717) is 0 Å². The highest BCUT2D eigenvalue weighted by atomic mass is 28.4. The molecule has 30 heavy (non-hydrogen) atoms. The molecule has 0 amide bonds. The second-order valence-corrected chi connectivity index (χ2v) is 15.4. The zero-order valence-electron chi connectivity index (χ0n) is 20.3. The summed E-state index contributed by atoms with van der Waals surface area (Å²) < 4.78 is 12.9. The van der Waals surface area contributed by atoms with Crippen molar-refractivity contribution in [3.8, 4) is 5.75 Å². The normalized spacial score (nSPS) is 21.9. The van der Waals surface area contributed by atoms with Crippen LogP contribution in [-0.2, 0) is 20.3 Å². The van der Waals surface area contributed by atoms with Gasteiger partial charge in [-0.1, -0.05) is 72.7 Å². The van der Waals surface area contributed by atoms with Gasteiger partial charge in [-0.2, -0.15) is 4.89 Å². The van der Waals surface area contributed by atoms with E-state index in [0.717, 1.165) is 22.1 Å². The van der Waals surface area contributed by atoms with Gasteiger partial charge in [-0.05, 0) is 47.5 Å². The van der Waals surface area contributed by atoms with Crippen molar-refractivity contribution in [2.24, 2.45) is 11.8 Å². The summed E-state index contributed by atoms with van der Waals surface area (Å²) in [4.78, 5) is 11.7. The summed E-state index contributed by atoms with van der Waals surface area (Å²) in [5.41, 5.74) is 0.351. The van der Waals surface area contributed by atoms with E-state index in [1.54, 1.807) is 7.11 Å². The van der Waals surface area contributed by atoms with Crippen LogP contribution in [-0.4, -0.2) is 21.0 Å². The third-order valence-corrected chi connectivity index (χ3v) is 11.5. The van der Waals surface area contributed by atoms with Gasteiger partial charge in [0.05, 0.1) is 0 Å². The SMILES string of the molecule is COC1(c2cc(O[Si](C)(C)C(C)(C)C)c3ccccc3c2)OOC1(C(C)C)C(C)C. The number of hydrogen-bond acceptors (Lipinski definition) is 4. The minimum Gasteiger partial charge on any atom is -0.543 e. The molecule has 0 bridgehead atoms. The van der Waals surface area contributed by atoms with Crippen molar-refractivity contribution in [2.45, 2.75) is 78.0 Å². The summed E-state index contributed by atoms with van der Waals surface area (Å²) >= 11 is 0. The molecule has 0 aromatic heterocycles. The molecular formula is C25H38O4Si. The lowest BCUT2D eigenvalue weighted by atomic mass is 9.70. The Labute approximate surface area is 182 Å². The highest BCUT2D eigenvalue weighted by Gasteiger charge is 2.69. The molecule has 1 aliphatic heterocycles. The van der Waals surface area contributed by atoms with Crippen molar-refractivity contribution in [1.29, 1.82) is 0 Å². The lowest BCUT2D eigenvalue weighted by molar-refractivity contribution is -0.634. The summed E-state index contributed by atoms with van der Waals surface area (Å²) in [6, 6.07) is 12.6. The Hall–Kier alpha value is -1.40. The molecule has 4 nitrogen and oxygen atoms in total. The maximum absolute atomic E-state index is 6.80. The van der Waals surface area contributed by atoms with E-state index >= 15 is 0 Å². The third-order valence-electron chi connectivity index (χ3n) is 7.19. The maximum Gasteiger partial charge on any atom is 0.260 e. The van der Waals surface area contributed by atoms with Crippen LogP contribution in [0.1, 0.15) is 54.0 Å². The molecule has 5 heteroatoms. The van der Waals surface area contributed by atoms with E-state index in [9.17, 15) is 0 Å². The zero-order chi connectivity index (χ0) is 22.5. The summed E-state index contributed by atoms with van der Waals surface area (Å²) in [5, 5.41) is 2.31. The van der Waals surface area contributed by atoms with Crippen LogP contribution in [0.5, 0.6) is 5.75 Å². The molecule has 0 N–H and O–H groups in total. The van der Waals surface area contributed by atoms with Gasteiger partial charge in [0.2, 0.25) is 0 Å². The Balaban J connectivity index is 2.23. The first-order valence-electron chi connectivity index (χ1n) is 11.0. The highest BCUT2D eigenvalue weighted by molar-refractivity contribution is 6.74. The zero-order valence-corrected chi connectivity index (χ0v) is 21.3. The van der Waals surface area contributed by atoms with Gasteiger partial charge in [0.15, 0.2) is 5.60 Å². The Morgan fingerprint density at radius 1 is 0.933 bits per heavy atom. The molecule has 0 aliphatic carbocycles. The fourth-order valence-corrected chi connectivity index (χ4v) is 5.42. The lowest BCUT2D eigenvalue weighted by Gasteiger charge is -2.59. The minimum atomic E-state index is -2.04. The van der Waals surface area contributed by atoms with Gasteiger partial charge in [0.25, 0.3) is 14.1 Å². The largest absolute Gasteiger partial charge is 0.543 e. The molecule has 0 saturated carbocycles. The molecule has 1 saturated heterocycles. The second kappa shape index (κ2) is 7.63. The summed E-state index contributed by atoms with van der Waals surface area (Å²) in [5.74, 6) is 0.304. The number of ether oxygens (including phenoxy) is 1. The van der Waals surface area contributed by atoms with Crippen molar-refractivity contribution < 1.29 is 18.9 Å². The Kier molecular flexibility index (Phi) is 5.91. The molecule has 1 fully saturated rings. The van der Waals surface area contributed by atoms with E-state index in [1.807, 2.05) is 0 Å². The van der Waals surface area contributed by atoms with Crippen molar-refractivity contribution in [3.63, 3.8) is 0 Å². The first-order valence-corrected chi connectivity index (χ1v) is 13.9. The topological polar surface area (TPSA) is 36.9 Å². The molecule has 1 unspecified atom stereocenters. The molecule has 1 heterocycles. The smallest absolute Gasteiger partial charge is 0.260 e. The van der Waals surface area contributed by atoms with E-state index < -0.39 is 19.7 Å². The molecule has 0 spiro atoms. The van der Waals surface area contributed by atoms with E-state index in [2.05, 4.69) is 98.0 Å². The number of hydrogen-bond donors (Lipinski definition) is 0. The quantitative estimate of drug-likeness (QED) is 0.364. The summed E-state index contributed by atoms with van der Waals surface area (Å²) in [6.07, 6.45) is 0. The Bertz CT molecular complexity index is 901. The molecular weight excluding hydrogens is 392 g/mol.